The average Bonchev–Trinajstić information content (AvgIpc) is 2.57. The lowest BCUT2D eigenvalue weighted by Crippen LogP contribution is -2.38. The molecule has 2 aliphatic heterocycles. The molecular weight excluding hydrogens is 155 g/mol. The van der Waals surface area contributed by atoms with Gasteiger partial charge in [0.25, 0.3) is 0 Å². The summed E-state index contributed by atoms with van der Waals surface area (Å²) in [6, 6.07) is 0.195. The Kier molecular flexibility index (Phi) is 2.09. The number of nitrogens with two attached hydrogens (primary N) is 1. The van der Waals surface area contributed by atoms with Crippen LogP contribution in [0.15, 0.2) is 0 Å². The molecule has 0 aromatic carbocycles. The minimum Gasteiger partial charge on any atom is -0.330 e. The Labute approximate surface area is 72.9 Å². The molecule has 2 nitrogen and oxygen atoms in total. The van der Waals surface area contributed by atoms with E-state index in [9.17, 15) is 4.39 Å². The SMILES string of the molecule is NCCC1(F)CCN2CCCC21. The van der Waals surface area contributed by atoms with Crippen molar-refractivity contribution < 1.29 is 4.39 Å². The van der Waals surface area contributed by atoms with Crippen LogP contribution in [0.1, 0.15) is 25.7 Å². The van der Waals surface area contributed by atoms with Crippen molar-refractivity contribution in [1.29, 1.82) is 0 Å². The molecule has 2 aliphatic rings. The van der Waals surface area contributed by atoms with Crippen molar-refractivity contribution in [3.63, 3.8) is 0 Å². The third kappa shape index (κ3) is 1.15. The molecule has 12 heavy (non-hydrogen) atoms. The topological polar surface area (TPSA) is 29.3 Å². The molecule has 3 heteroatoms. The maximum absolute atomic E-state index is 14.1. The van der Waals surface area contributed by atoms with Crippen LogP contribution in [-0.4, -0.2) is 36.2 Å². The summed E-state index contributed by atoms with van der Waals surface area (Å²) in [5, 5.41) is 0. The lowest BCUT2D eigenvalue weighted by molar-refractivity contribution is 0.108. The van der Waals surface area contributed by atoms with E-state index in [4.69, 9.17) is 5.73 Å². The monoisotopic (exact) mass is 172 g/mol. The van der Waals surface area contributed by atoms with Crippen LogP contribution in [0.25, 0.3) is 0 Å². The van der Waals surface area contributed by atoms with E-state index in [2.05, 4.69) is 4.90 Å². The first kappa shape index (κ1) is 8.45. The van der Waals surface area contributed by atoms with Crippen LogP contribution in [0.5, 0.6) is 0 Å². The van der Waals surface area contributed by atoms with Crippen LogP contribution in [0.3, 0.4) is 0 Å². The first-order valence-corrected chi connectivity index (χ1v) is 4.89. The Morgan fingerprint density at radius 3 is 3.08 bits per heavy atom. The van der Waals surface area contributed by atoms with E-state index in [0.717, 1.165) is 19.5 Å². The fourth-order valence-electron chi connectivity index (χ4n) is 2.71. The number of fused-ring (bicyclic) bond motifs is 1. The van der Waals surface area contributed by atoms with E-state index in [1.54, 1.807) is 0 Å². The number of nitrogens with zero attached hydrogens (tertiary/aromatic N) is 1. The van der Waals surface area contributed by atoms with Crippen molar-refractivity contribution in [3.8, 4) is 0 Å². The zero-order chi connectivity index (χ0) is 8.60. The average molecular weight is 172 g/mol. The van der Waals surface area contributed by atoms with Gasteiger partial charge in [-0.05, 0) is 38.8 Å². The maximum Gasteiger partial charge on any atom is 0.128 e. The first-order chi connectivity index (χ1) is 5.76. The summed E-state index contributed by atoms with van der Waals surface area (Å²) in [6.45, 7) is 2.53. The number of rotatable bonds is 2. The van der Waals surface area contributed by atoms with E-state index in [-0.39, 0.29) is 6.04 Å². The summed E-state index contributed by atoms with van der Waals surface area (Å²) >= 11 is 0. The molecule has 2 atom stereocenters. The second-order valence-corrected chi connectivity index (χ2v) is 4.02. The van der Waals surface area contributed by atoms with Crippen LogP contribution in [0, 0.1) is 0 Å². The minimum atomic E-state index is -0.953. The molecule has 0 aromatic rings. The molecule has 2 unspecified atom stereocenters. The number of halogens is 1. The molecule has 0 bridgehead atoms. The second-order valence-electron chi connectivity index (χ2n) is 4.02. The predicted molar refractivity (Wildman–Crippen MR) is 46.7 cm³/mol. The molecule has 2 fully saturated rings. The van der Waals surface area contributed by atoms with Gasteiger partial charge in [-0.25, -0.2) is 4.39 Å². The van der Waals surface area contributed by atoms with Gasteiger partial charge in [0, 0.05) is 12.6 Å². The second kappa shape index (κ2) is 2.96. The zero-order valence-electron chi connectivity index (χ0n) is 7.43. The molecular formula is C9H17FN2. The van der Waals surface area contributed by atoms with Crippen molar-refractivity contribution >= 4 is 0 Å². The van der Waals surface area contributed by atoms with E-state index in [1.807, 2.05) is 0 Å². The summed E-state index contributed by atoms with van der Waals surface area (Å²) in [6.07, 6.45) is 3.46. The molecule has 0 aliphatic carbocycles. The fourth-order valence-corrected chi connectivity index (χ4v) is 2.71. The molecule has 2 saturated heterocycles. The van der Waals surface area contributed by atoms with Crippen molar-refractivity contribution in [1.82, 2.24) is 4.90 Å². The summed E-state index contributed by atoms with van der Waals surface area (Å²) in [4.78, 5) is 2.29. The number of hydrogen-bond acceptors (Lipinski definition) is 2. The Morgan fingerprint density at radius 1 is 1.50 bits per heavy atom. The minimum absolute atomic E-state index is 0.195. The Balaban J connectivity index is 2.06. The van der Waals surface area contributed by atoms with Gasteiger partial charge in [0.2, 0.25) is 0 Å². The van der Waals surface area contributed by atoms with Crippen LogP contribution >= 0.6 is 0 Å². The van der Waals surface area contributed by atoms with Gasteiger partial charge in [-0.2, -0.15) is 0 Å². The fraction of sp³-hybridized carbons (Fsp3) is 1.00. The van der Waals surface area contributed by atoms with Crippen LogP contribution in [0.4, 0.5) is 4.39 Å². The third-order valence-electron chi connectivity index (χ3n) is 3.34. The Hall–Kier alpha value is -0.150. The molecule has 70 valence electrons. The summed E-state index contributed by atoms with van der Waals surface area (Å²) < 4.78 is 14.1. The Morgan fingerprint density at radius 2 is 2.33 bits per heavy atom. The Bertz CT molecular complexity index is 170. The predicted octanol–water partition coefficient (Wildman–Crippen LogP) is 0.912. The summed E-state index contributed by atoms with van der Waals surface area (Å²) in [7, 11) is 0. The summed E-state index contributed by atoms with van der Waals surface area (Å²) in [5.41, 5.74) is 4.46. The van der Waals surface area contributed by atoms with Crippen molar-refractivity contribution in [3.05, 3.63) is 0 Å². The highest BCUT2D eigenvalue weighted by Gasteiger charge is 2.48. The lowest BCUT2D eigenvalue weighted by atomic mass is 9.91. The standard InChI is InChI=1S/C9H17FN2/c10-9(3-5-11)4-7-12-6-1-2-8(9)12/h8H,1-7,11H2. The van der Waals surface area contributed by atoms with Gasteiger partial charge in [0.1, 0.15) is 5.67 Å². The lowest BCUT2D eigenvalue weighted by Gasteiger charge is -2.26. The molecule has 2 rings (SSSR count). The van der Waals surface area contributed by atoms with Gasteiger partial charge in [-0.1, -0.05) is 0 Å². The maximum atomic E-state index is 14.1. The zero-order valence-corrected chi connectivity index (χ0v) is 7.43. The van der Waals surface area contributed by atoms with Gasteiger partial charge in [0.15, 0.2) is 0 Å². The highest BCUT2D eigenvalue weighted by atomic mass is 19.1. The molecule has 0 aromatic heterocycles. The van der Waals surface area contributed by atoms with Gasteiger partial charge < -0.3 is 5.73 Å². The molecule has 0 radical (unpaired) electrons. The molecule has 2 N–H and O–H groups in total. The number of hydrogen-bond donors (Lipinski definition) is 1. The molecule has 0 saturated carbocycles. The van der Waals surface area contributed by atoms with E-state index < -0.39 is 5.67 Å². The van der Waals surface area contributed by atoms with E-state index in [0.29, 0.717) is 19.4 Å². The van der Waals surface area contributed by atoms with Crippen LogP contribution in [-0.2, 0) is 0 Å². The van der Waals surface area contributed by atoms with E-state index in [1.165, 1.54) is 6.42 Å². The normalized spacial score (nSPS) is 42.0. The van der Waals surface area contributed by atoms with Gasteiger partial charge in [0.05, 0.1) is 0 Å². The van der Waals surface area contributed by atoms with Gasteiger partial charge in [-0.15, -0.1) is 0 Å². The first-order valence-electron chi connectivity index (χ1n) is 4.89. The quantitative estimate of drug-likeness (QED) is 0.671. The highest BCUT2D eigenvalue weighted by molar-refractivity contribution is 5.02. The van der Waals surface area contributed by atoms with Crippen molar-refractivity contribution in [2.75, 3.05) is 19.6 Å². The van der Waals surface area contributed by atoms with Gasteiger partial charge in [-0.3, -0.25) is 4.90 Å². The van der Waals surface area contributed by atoms with Crippen LogP contribution < -0.4 is 5.73 Å². The smallest absolute Gasteiger partial charge is 0.128 e. The van der Waals surface area contributed by atoms with E-state index >= 15 is 0 Å². The largest absolute Gasteiger partial charge is 0.330 e. The van der Waals surface area contributed by atoms with Crippen LogP contribution in [0.2, 0.25) is 0 Å². The molecule has 0 spiro atoms. The number of alkyl halides is 1. The van der Waals surface area contributed by atoms with Crippen molar-refractivity contribution in [2.24, 2.45) is 5.73 Å². The highest BCUT2D eigenvalue weighted by Crippen LogP contribution is 2.40. The molecule has 0 amide bonds. The molecule has 2 heterocycles. The third-order valence-corrected chi connectivity index (χ3v) is 3.34. The van der Waals surface area contributed by atoms with Gasteiger partial charge >= 0.3 is 0 Å². The summed E-state index contributed by atoms with van der Waals surface area (Å²) in [5.74, 6) is 0. The van der Waals surface area contributed by atoms with Crippen molar-refractivity contribution in [2.45, 2.75) is 37.4 Å².